The highest BCUT2D eigenvalue weighted by Gasteiger charge is 2.34. The Labute approximate surface area is 204 Å². The van der Waals surface area contributed by atoms with Gasteiger partial charge in [0.15, 0.2) is 0 Å². The summed E-state index contributed by atoms with van der Waals surface area (Å²) in [5.41, 5.74) is 4.50. The van der Waals surface area contributed by atoms with Crippen LogP contribution in [0.15, 0.2) is 66.7 Å². The fraction of sp³-hybridized carbons (Fsp3) is 0.276. The van der Waals surface area contributed by atoms with Crippen molar-refractivity contribution in [3.05, 3.63) is 83.4 Å². The fourth-order valence-electron chi connectivity index (χ4n) is 4.97. The quantitative estimate of drug-likeness (QED) is 0.388. The van der Waals surface area contributed by atoms with E-state index in [1.165, 1.54) is 0 Å². The zero-order chi connectivity index (χ0) is 24.5. The van der Waals surface area contributed by atoms with Gasteiger partial charge in [0, 0.05) is 11.1 Å². The summed E-state index contributed by atoms with van der Waals surface area (Å²) in [6, 6.07) is 20.0. The summed E-state index contributed by atoms with van der Waals surface area (Å²) in [7, 11) is 0. The van der Waals surface area contributed by atoms with Crippen molar-refractivity contribution in [3.63, 3.8) is 0 Å². The van der Waals surface area contributed by atoms with Crippen molar-refractivity contribution in [3.8, 4) is 23.0 Å². The number of ether oxygens (including phenoxy) is 2. The monoisotopic (exact) mass is 472 g/mol. The lowest BCUT2D eigenvalue weighted by Gasteiger charge is -2.32. The van der Waals surface area contributed by atoms with Crippen LogP contribution in [0.5, 0.6) is 23.0 Å². The summed E-state index contributed by atoms with van der Waals surface area (Å²) >= 11 is 0. The van der Waals surface area contributed by atoms with E-state index < -0.39 is 12.1 Å². The topological polar surface area (TPSA) is 96.2 Å². The van der Waals surface area contributed by atoms with E-state index in [1.807, 2.05) is 37.3 Å². The number of rotatable bonds is 7. The number of carboxylic acids is 1. The summed E-state index contributed by atoms with van der Waals surface area (Å²) in [6.07, 6.45) is 1.93. The number of phenolic OH excluding ortho intramolecular Hbond substituents is 2. The molecule has 0 saturated heterocycles. The van der Waals surface area contributed by atoms with Crippen LogP contribution in [0, 0.1) is 11.8 Å². The first kappa shape index (κ1) is 22.8. The lowest BCUT2D eigenvalue weighted by Crippen LogP contribution is -2.31. The van der Waals surface area contributed by atoms with Gasteiger partial charge < -0.3 is 24.8 Å². The maximum absolute atomic E-state index is 11.0. The number of carbonyl (C=O) groups is 1. The van der Waals surface area contributed by atoms with Crippen LogP contribution in [0.2, 0.25) is 0 Å². The maximum atomic E-state index is 11.0. The number of hydrogen-bond acceptors (Lipinski definition) is 5. The Kier molecular flexibility index (Phi) is 6.12. The Morgan fingerprint density at radius 1 is 1.00 bits per heavy atom. The molecule has 1 fully saturated rings. The molecule has 0 bridgehead atoms. The van der Waals surface area contributed by atoms with Crippen molar-refractivity contribution >= 4 is 17.1 Å². The van der Waals surface area contributed by atoms with Crippen molar-refractivity contribution in [2.24, 2.45) is 11.8 Å². The number of benzene rings is 3. The second-order valence-electron chi connectivity index (χ2n) is 9.35. The minimum absolute atomic E-state index is 0.169. The minimum Gasteiger partial charge on any atom is -0.508 e. The molecule has 5 rings (SSSR count). The summed E-state index contributed by atoms with van der Waals surface area (Å²) < 4.78 is 12.3. The molecule has 6 nitrogen and oxygen atoms in total. The van der Waals surface area contributed by atoms with E-state index in [0.717, 1.165) is 52.8 Å². The molecule has 1 atom stereocenters. The third-order valence-electron chi connectivity index (χ3n) is 7.00. The summed E-state index contributed by atoms with van der Waals surface area (Å²) in [4.78, 5) is 11.0. The fourth-order valence-corrected chi connectivity index (χ4v) is 4.97. The maximum Gasteiger partial charge on any atom is 0.306 e. The van der Waals surface area contributed by atoms with E-state index in [-0.39, 0.29) is 17.4 Å². The van der Waals surface area contributed by atoms with Gasteiger partial charge in [-0.25, -0.2) is 0 Å². The van der Waals surface area contributed by atoms with Crippen LogP contribution in [0.3, 0.4) is 0 Å². The van der Waals surface area contributed by atoms with Crippen LogP contribution in [0.4, 0.5) is 0 Å². The van der Waals surface area contributed by atoms with Crippen LogP contribution < -0.4 is 9.47 Å². The highest BCUT2D eigenvalue weighted by molar-refractivity contribution is 5.95. The molecule has 1 aliphatic heterocycles. The molecule has 1 heterocycles. The average Bonchev–Trinajstić information content (AvgIpc) is 2.81. The Morgan fingerprint density at radius 2 is 1.74 bits per heavy atom. The zero-order valence-corrected chi connectivity index (χ0v) is 19.5. The van der Waals surface area contributed by atoms with Gasteiger partial charge in [-0.15, -0.1) is 0 Å². The van der Waals surface area contributed by atoms with E-state index in [4.69, 9.17) is 14.6 Å². The molecule has 0 amide bonds. The zero-order valence-electron chi connectivity index (χ0n) is 19.5. The highest BCUT2D eigenvalue weighted by atomic mass is 16.5. The molecule has 1 saturated carbocycles. The van der Waals surface area contributed by atoms with Crippen LogP contribution in [0.1, 0.15) is 49.0 Å². The predicted octanol–water partition coefficient (Wildman–Crippen LogP) is 6.04. The van der Waals surface area contributed by atoms with Gasteiger partial charge in [-0.05, 0) is 91.3 Å². The molecule has 3 N–H and O–H groups in total. The number of aromatic hydroxyl groups is 2. The van der Waals surface area contributed by atoms with E-state index in [2.05, 4.69) is 0 Å². The standard InChI is InChI=1S/C29H28O6/c1-17-25-16-23(31)7-10-26(25)35-28(27(17)20-3-2-4-22(30)15-20)19-5-8-24(9-6-19)34-12-11-18-13-21(14-18)29(32)33/h2-10,15-16,18,21,28,30-31H,11-14H2,1H3,(H,32,33)/t18?,21?,28-/m1/s1. The molecular weight excluding hydrogens is 444 g/mol. The molecular formula is C29H28O6. The van der Waals surface area contributed by atoms with Crippen molar-refractivity contribution < 1.29 is 29.6 Å². The van der Waals surface area contributed by atoms with E-state index in [0.29, 0.717) is 18.3 Å². The van der Waals surface area contributed by atoms with Crippen molar-refractivity contribution in [2.45, 2.75) is 32.3 Å². The lowest BCUT2D eigenvalue weighted by atomic mass is 9.73. The normalized spacial score (nSPS) is 21.0. The van der Waals surface area contributed by atoms with Crippen LogP contribution in [0.25, 0.3) is 11.1 Å². The van der Waals surface area contributed by atoms with Gasteiger partial charge in [0.1, 0.15) is 29.1 Å². The lowest BCUT2D eigenvalue weighted by molar-refractivity contribution is -0.146. The Hall–Kier alpha value is -3.93. The summed E-state index contributed by atoms with van der Waals surface area (Å²) in [5.74, 6) is 1.31. The molecule has 0 radical (unpaired) electrons. The van der Waals surface area contributed by atoms with Gasteiger partial charge in [0.25, 0.3) is 0 Å². The van der Waals surface area contributed by atoms with Gasteiger partial charge in [-0.2, -0.15) is 0 Å². The second kappa shape index (κ2) is 9.37. The third-order valence-corrected chi connectivity index (χ3v) is 7.00. The first-order valence-corrected chi connectivity index (χ1v) is 11.8. The molecule has 3 aromatic carbocycles. The average molecular weight is 473 g/mol. The molecule has 6 heteroatoms. The van der Waals surface area contributed by atoms with Gasteiger partial charge in [0.05, 0.1) is 12.5 Å². The molecule has 2 aliphatic rings. The second-order valence-corrected chi connectivity index (χ2v) is 9.35. The van der Waals surface area contributed by atoms with Crippen LogP contribution in [-0.2, 0) is 4.79 Å². The molecule has 0 spiro atoms. The molecule has 0 aromatic heterocycles. The number of hydrogen-bond donors (Lipinski definition) is 3. The summed E-state index contributed by atoms with van der Waals surface area (Å²) in [6.45, 7) is 2.56. The van der Waals surface area contributed by atoms with Crippen molar-refractivity contribution in [1.82, 2.24) is 0 Å². The number of phenols is 2. The van der Waals surface area contributed by atoms with Crippen LogP contribution >= 0.6 is 0 Å². The highest BCUT2D eigenvalue weighted by Crippen LogP contribution is 2.47. The van der Waals surface area contributed by atoms with E-state index in [9.17, 15) is 15.0 Å². The Morgan fingerprint density at radius 3 is 2.46 bits per heavy atom. The van der Waals surface area contributed by atoms with Gasteiger partial charge in [-0.3, -0.25) is 4.79 Å². The van der Waals surface area contributed by atoms with Crippen LogP contribution in [-0.4, -0.2) is 27.9 Å². The molecule has 3 aromatic rings. The van der Waals surface area contributed by atoms with E-state index in [1.54, 1.807) is 36.4 Å². The molecule has 0 unspecified atom stereocenters. The van der Waals surface area contributed by atoms with Gasteiger partial charge in [-0.1, -0.05) is 24.3 Å². The minimum atomic E-state index is -0.698. The number of carboxylic acid groups (broad SMARTS) is 1. The third kappa shape index (κ3) is 4.69. The first-order valence-electron chi connectivity index (χ1n) is 11.8. The molecule has 1 aliphatic carbocycles. The Bertz CT molecular complexity index is 1270. The first-order chi connectivity index (χ1) is 16.9. The van der Waals surface area contributed by atoms with Gasteiger partial charge in [0.2, 0.25) is 0 Å². The Balaban J connectivity index is 1.35. The number of aliphatic carboxylic acids is 1. The number of fused-ring (bicyclic) bond motifs is 1. The van der Waals surface area contributed by atoms with Gasteiger partial charge >= 0.3 is 5.97 Å². The van der Waals surface area contributed by atoms with E-state index >= 15 is 0 Å². The van der Waals surface area contributed by atoms with Crippen molar-refractivity contribution in [2.75, 3.05) is 6.61 Å². The number of allylic oxidation sites excluding steroid dienone is 1. The SMILES string of the molecule is CC1=C(c2cccc(O)c2)[C@@H](c2ccc(OCCC3CC(C(=O)O)C3)cc2)Oc2ccc(O)cc21. The molecule has 180 valence electrons. The van der Waals surface area contributed by atoms with Crippen molar-refractivity contribution in [1.29, 1.82) is 0 Å². The molecule has 35 heavy (non-hydrogen) atoms. The smallest absolute Gasteiger partial charge is 0.306 e. The largest absolute Gasteiger partial charge is 0.508 e. The summed E-state index contributed by atoms with van der Waals surface area (Å²) in [5, 5.41) is 29.1. The predicted molar refractivity (Wildman–Crippen MR) is 132 cm³/mol.